The van der Waals surface area contributed by atoms with Crippen LogP contribution in [0.25, 0.3) is 0 Å². The molecule has 0 aliphatic rings. The number of hydrogen-bond donors (Lipinski definition) is 3. The summed E-state index contributed by atoms with van der Waals surface area (Å²) in [5.41, 5.74) is -0.296. The second-order valence-corrected chi connectivity index (χ2v) is 5.73. The molecule has 0 heterocycles. The lowest BCUT2D eigenvalue weighted by atomic mass is 10.1. The molecule has 9 heteroatoms. The summed E-state index contributed by atoms with van der Waals surface area (Å²) in [5, 5.41) is 24.1. The summed E-state index contributed by atoms with van der Waals surface area (Å²) in [6.45, 7) is 4.99. The zero-order valence-corrected chi connectivity index (χ0v) is 13.0. The van der Waals surface area contributed by atoms with Crippen LogP contribution in [0.15, 0.2) is 24.3 Å². The Morgan fingerprint density at radius 1 is 1.30 bits per heavy atom. The number of carboxylic acid groups (broad SMARTS) is 1. The molecule has 0 aromatic heterocycles. The minimum atomic E-state index is -1.25. The van der Waals surface area contributed by atoms with Crippen molar-refractivity contribution in [3.8, 4) is 0 Å². The number of nitro benzene ring substituents is 1. The quantitative estimate of drug-likeness (QED) is 0.563. The first-order valence-electron chi connectivity index (χ1n) is 6.79. The standard InChI is InChI=1S/C14H19N3O6/c1-14(2,3)23-13(20)16-11(8-15-12(18)19)9-4-6-10(7-5-9)17(21)22/h4-7,11,15H,8H2,1-3H3,(H,16,20)(H,18,19). The second kappa shape index (κ2) is 7.43. The van der Waals surface area contributed by atoms with Gasteiger partial charge >= 0.3 is 12.2 Å². The van der Waals surface area contributed by atoms with Gasteiger partial charge in [-0.1, -0.05) is 12.1 Å². The average molecular weight is 325 g/mol. The Morgan fingerprint density at radius 2 is 1.87 bits per heavy atom. The van der Waals surface area contributed by atoms with Crippen molar-refractivity contribution in [1.82, 2.24) is 10.6 Å². The van der Waals surface area contributed by atoms with E-state index in [-0.39, 0.29) is 12.2 Å². The van der Waals surface area contributed by atoms with Crippen molar-refractivity contribution < 1.29 is 24.4 Å². The van der Waals surface area contributed by atoms with Gasteiger partial charge in [0.15, 0.2) is 0 Å². The van der Waals surface area contributed by atoms with Gasteiger partial charge in [0.05, 0.1) is 11.0 Å². The van der Waals surface area contributed by atoms with E-state index in [1.807, 2.05) is 0 Å². The Hall–Kier alpha value is -2.84. The highest BCUT2D eigenvalue weighted by molar-refractivity contribution is 5.69. The maximum atomic E-state index is 11.8. The van der Waals surface area contributed by atoms with Crippen LogP contribution in [0, 0.1) is 10.1 Å². The Bertz CT molecular complexity index is 579. The highest BCUT2D eigenvalue weighted by Crippen LogP contribution is 2.18. The van der Waals surface area contributed by atoms with Gasteiger partial charge in [0.1, 0.15) is 5.60 Å². The van der Waals surface area contributed by atoms with Crippen LogP contribution in [-0.2, 0) is 4.74 Å². The van der Waals surface area contributed by atoms with Gasteiger partial charge in [0.2, 0.25) is 0 Å². The summed E-state index contributed by atoms with van der Waals surface area (Å²) >= 11 is 0. The molecule has 2 amide bonds. The Labute approximate surface area is 132 Å². The third-order valence-electron chi connectivity index (χ3n) is 2.65. The van der Waals surface area contributed by atoms with Crippen molar-refractivity contribution >= 4 is 17.9 Å². The molecule has 9 nitrogen and oxygen atoms in total. The number of ether oxygens (including phenoxy) is 1. The first-order valence-corrected chi connectivity index (χ1v) is 6.79. The lowest BCUT2D eigenvalue weighted by Crippen LogP contribution is -2.40. The zero-order chi connectivity index (χ0) is 17.6. The molecule has 23 heavy (non-hydrogen) atoms. The summed E-state index contributed by atoms with van der Waals surface area (Å²) in [5.74, 6) is 0. The van der Waals surface area contributed by atoms with E-state index in [0.717, 1.165) is 0 Å². The maximum Gasteiger partial charge on any atom is 0.408 e. The molecule has 1 rings (SSSR count). The topological polar surface area (TPSA) is 131 Å². The smallest absolute Gasteiger partial charge is 0.408 e. The summed E-state index contributed by atoms with van der Waals surface area (Å²) in [7, 11) is 0. The van der Waals surface area contributed by atoms with Crippen molar-refractivity contribution in [2.24, 2.45) is 0 Å². The third-order valence-corrected chi connectivity index (χ3v) is 2.65. The molecule has 3 N–H and O–H groups in total. The molecule has 0 radical (unpaired) electrons. The predicted molar refractivity (Wildman–Crippen MR) is 81.2 cm³/mol. The van der Waals surface area contributed by atoms with Crippen LogP contribution in [0.4, 0.5) is 15.3 Å². The Balaban J connectivity index is 2.88. The molecule has 126 valence electrons. The van der Waals surface area contributed by atoms with Crippen LogP contribution in [0.1, 0.15) is 32.4 Å². The number of amides is 2. The SMILES string of the molecule is CC(C)(C)OC(=O)NC(CNC(=O)O)c1ccc([N+](=O)[O-])cc1. The zero-order valence-electron chi connectivity index (χ0n) is 13.0. The highest BCUT2D eigenvalue weighted by Gasteiger charge is 2.21. The lowest BCUT2D eigenvalue weighted by molar-refractivity contribution is -0.384. The molecule has 1 unspecified atom stereocenters. The van der Waals surface area contributed by atoms with Crippen LogP contribution in [0.3, 0.4) is 0 Å². The number of hydrogen-bond acceptors (Lipinski definition) is 5. The van der Waals surface area contributed by atoms with Gasteiger partial charge in [0.25, 0.3) is 5.69 Å². The molecule has 0 saturated carbocycles. The number of carbonyl (C=O) groups is 2. The fourth-order valence-corrected chi connectivity index (χ4v) is 1.72. The summed E-state index contributed by atoms with van der Waals surface area (Å²) < 4.78 is 5.12. The fourth-order valence-electron chi connectivity index (χ4n) is 1.72. The molecule has 0 bridgehead atoms. The number of rotatable bonds is 5. The molecule has 0 aliphatic carbocycles. The van der Waals surface area contributed by atoms with Gasteiger partial charge in [-0.05, 0) is 26.3 Å². The van der Waals surface area contributed by atoms with Gasteiger partial charge in [-0.2, -0.15) is 0 Å². The molecule has 0 saturated heterocycles. The molecule has 1 aromatic carbocycles. The van der Waals surface area contributed by atoms with E-state index >= 15 is 0 Å². The molecule has 0 aliphatic heterocycles. The largest absolute Gasteiger partial charge is 0.465 e. The van der Waals surface area contributed by atoms with Crippen molar-refractivity contribution in [2.75, 3.05) is 6.54 Å². The number of nitrogens with one attached hydrogen (secondary N) is 2. The summed E-state index contributed by atoms with van der Waals surface area (Å²) in [6, 6.07) is 4.73. The van der Waals surface area contributed by atoms with Crippen molar-refractivity contribution in [2.45, 2.75) is 32.4 Å². The number of nitro groups is 1. The first kappa shape index (κ1) is 18.2. The van der Waals surface area contributed by atoms with Crippen LogP contribution < -0.4 is 10.6 Å². The van der Waals surface area contributed by atoms with Crippen LogP contribution in [0.2, 0.25) is 0 Å². The summed E-state index contributed by atoms with van der Waals surface area (Å²) in [6.07, 6.45) is -1.96. The van der Waals surface area contributed by atoms with Crippen LogP contribution in [-0.4, -0.2) is 34.4 Å². The van der Waals surface area contributed by atoms with E-state index in [1.165, 1.54) is 24.3 Å². The van der Waals surface area contributed by atoms with Crippen LogP contribution in [0.5, 0.6) is 0 Å². The number of alkyl carbamates (subject to hydrolysis) is 1. The van der Waals surface area contributed by atoms with E-state index in [0.29, 0.717) is 5.56 Å². The second-order valence-electron chi connectivity index (χ2n) is 5.73. The van der Waals surface area contributed by atoms with E-state index in [2.05, 4.69) is 10.6 Å². The Kier molecular flexibility index (Phi) is 5.88. The van der Waals surface area contributed by atoms with E-state index in [4.69, 9.17) is 9.84 Å². The number of nitrogens with zero attached hydrogens (tertiary/aromatic N) is 1. The first-order chi connectivity index (χ1) is 10.6. The average Bonchev–Trinajstić information content (AvgIpc) is 2.41. The van der Waals surface area contributed by atoms with Gasteiger partial charge < -0.3 is 20.5 Å². The van der Waals surface area contributed by atoms with Gasteiger partial charge in [-0.25, -0.2) is 9.59 Å². The minimum absolute atomic E-state index is 0.101. The number of non-ortho nitro benzene ring substituents is 1. The monoisotopic (exact) mass is 325 g/mol. The minimum Gasteiger partial charge on any atom is -0.465 e. The number of benzene rings is 1. The van der Waals surface area contributed by atoms with Crippen molar-refractivity contribution in [3.63, 3.8) is 0 Å². The summed E-state index contributed by atoms with van der Waals surface area (Å²) in [4.78, 5) is 32.6. The molecule has 1 aromatic rings. The fraction of sp³-hybridized carbons (Fsp3) is 0.429. The van der Waals surface area contributed by atoms with E-state index in [9.17, 15) is 19.7 Å². The molecular weight excluding hydrogens is 306 g/mol. The van der Waals surface area contributed by atoms with E-state index < -0.39 is 28.8 Å². The van der Waals surface area contributed by atoms with Crippen molar-refractivity contribution in [1.29, 1.82) is 0 Å². The van der Waals surface area contributed by atoms with Crippen LogP contribution >= 0.6 is 0 Å². The van der Waals surface area contributed by atoms with Gasteiger partial charge in [0, 0.05) is 18.7 Å². The van der Waals surface area contributed by atoms with Gasteiger partial charge in [-0.15, -0.1) is 0 Å². The van der Waals surface area contributed by atoms with Gasteiger partial charge in [-0.3, -0.25) is 10.1 Å². The third kappa shape index (κ3) is 6.64. The highest BCUT2D eigenvalue weighted by atomic mass is 16.6. The molecular formula is C14H19N3O6. The molecule has 1 atom stereocenters. The van der Waals surface area contributed by atoms with E-state index in [1.54, 1.807) is 20.8 Å². The normalized spacial score (nSPS) is 12.1. The number of carbonyl (C=O) groups excluding carboxylic acids is 1. The van der Waals surface area contributed by atoms with Crippen molar-refractivity contribution in [3.05, 3.63) is 39.9 Å². The molecule has 0 spiro atoms. The lowest BCUT2D eigenvalue weighted by Gasteiger charge is -2.23. The predicted octanol–water partition coefficient (Wildman–Crippen LogP) is 2.43. The molecule has 0 fully saturated rings. The maximum absolute atomic E-state index is 11.8. The Morgan fingerprint density at radius 3 is 2.30 bits per heavy atom.